The molecule has 1 N–H and O–H groups in total. The predicted octanol–water partition coefficient (Wildman–Crippen LogP) is 2.76. The van der Waals surface area contributed by atoms with Gasteiger partial charge in [0.1, 0.15) is 5.75 Å². The van der Waals surface area contributed by atoms with Crippen molar-refractivity contribution in [1.29, 1.82) is 0 Å². The Kier molecular flexibility index (Phi) is 4.52. The van der Waals surface area contributed by atoms with Crippen molar-refractivity contribution in [2.45, 2.75) is 19.3 Å². The fraction of sp³-hybridized carbons (Fsp3) is 0.286. The van der Waals surface area contributed by atoms with E-state index in [2.05, 4.69) is 4.98 Å². The van der Waals surface area contributed by atoms with E-state index in [1.54, 1.807) is 24.6 Å². The number of methoxy groups -OCH3 is 1. The molecule has 0 bridgehead atoms. The van der Waals surface area contributed by atoms with Gasteiger partial charge in [-0.2, -0.15) is 0 Å². The minimum atomic E-state index is -0.773. The number of aryl methyl sites for hydroxylation is 1. The minimum Gasteiger partial charge on any atom is -0.497 e. The van der Waals surface area contributed by atoms with Crippen LogP contribution < -0.4 is 4.74 Å². The van der Waals surface area contributed by atoms with Crippen LogP contribution in [-0.4, -0.2) is 23.2 Å². The molecule has 0 spiro atoms. The third-order valence-corrected chi connectivity index (χ3v) is 3.76. The van der Waals surface area contributed by atoms with Crippen molar-refractivity contribution in [2.75, 3.05) is 7.11 Å². The second kappa shape index (κ2) is 6.33. The molecule has 2 rings (SSSR count). The summed E-state index contributed by atoms with van der Waals surface area (Å²) in [6, 6.07) is 7.87. The van der Waals surface area contributed by atoms with Gasteiger partial charge in [-0.05, 0) is 24.1 Å². The lowest BCUT2D eigenvalue weighted by molar-refractivity contribution is -0.136. The van der Waals surface area contributed by atoms with Crippen molar-refractivity contribution in [3.63, 3.8) is 0 Å². The quantitative estimate of drug-likeness (QED) is 0.882. The van der Waals surface area contributed by atoms with Crippen LogP contribution in [0, 0.1) is 0 Å². The molecule has 1 heterocycles. The first-order valence-corrected chi connectivity index (χ1v) is 6.77. The van der Waals surface area contributed by atoms with Crippen molar-refractivity contribution in [2.24, 2.45) is 0 Å². The number of aromatic nitrogens is 1. The second-order valence-electron chi connectivity index (χ2n) is 4.14. The molecule has 1 aromatic heterocycles. The van der Waals surface area contributed by atoms with E-state index < -0.39 is 5.97 Å². The van der Waals surface area contributed by atoms with Crippen LogP contribution in [0.4, 0.5) is 0 Å². The maximum Gasteiger partial charge on any atom is 0.303 e. The molecule has 19 heavy (non-hydrogen) atoms. The number of carboxylic acids is 1. The molecular formula is C14H15NO3S. The van der Waals surface area contributed by atoms with Gasteiger partial charge in [-0.1, -0.05) is 12.1 Å². The van der Waals surface area contributed by atoms with Gasteiger partial charge in [-0.25, -0.2) is 4.98 Å². The van der Waals surface area contributed by atoms with Crippen LogP contribution in [0.3, 0.4) is 0 Å². The highest BCUT2D eigenvalue weighted by Gasteiger charge is 2.05. The van der Waals surface area contributed by atoms with Crippen molar-refractivity contribution in [3.8, 4) is 5.75 Å². The third-order valence-electron chi connectivity index (χ3n) is 2.70. The van der Waals surface area contributed by atoms with Gasteiger partial charge in [-0.15, -0.1) is 11.3 Å². The maximum atomic E-state index is 10.5. The lowest BCUT2D eigenvalue weighted by atomic mass is 10.1. The first-order valence-electron chi connectivity index (χ1n) is 5.95. The van der Waals surface area contributed by atoms with Gasteiger partial charge in [0, 0.05) is 17.5 Å². The number of nitrogens with zero attached hydrogens (tertiary/aromatic N) is 1. The van der Waals surface area contributed by atoms with E-state index in [9.17, 15) is 4.79 Å². The van der Waals surface area contributed by atoms with Crippen LogP contribution >= 0.6 is 11.3 Å². The molecule has 0 amide bonds. The number of carbonyl (C=O) groups is 1. The number of rotatable bonds is 6. The average molecular weight is 277 g/mol. The summed E-state index contributed by atoms with van der Waals surface area (Å²) in [6.45, 7) is 0. The molecule has 5 heteroatoms. The standard InChI is InChI=1S/C14H15NO3S/c1-18-11-4-2-10(3-5-11)8-13-15-9-12(19-13)6-7-14(16)17/h2-5,9H,6-8H2,1H3,(H,16,17). The van der Waals surface area contributed by atoms with Crippen LogP contribution in [0.25, 0.3) is 0 Å². The van der Waals surface area contributed by atoms with Gasteiger partial charge in [0.2, 0.25) is 0 Å². The van der Waals surface area contributed by atoms with E-state index in [-0.39, 0.29) is 6.42 Å². The Hall–Kier alpha value is -1.88. The zero-order chi connectivity index (χ0) is 13.7. The Bertz CT molecular complexity index is 548. The lowest BCUT2D eigenvalue weighted by Gasteiger charge is -2.01. The summed E-state index contributed by atoms with van der Waals surface area (Å²) < 4.78 is 5.11. The second-order valence-corrected chi connectivity index (χ2v) is 5.34. The van der Waals surface area contributed by atoms with Gasteiger partial charge < -0.3 is 9.84 Å². The van der Waals surface area contributed by atoms with Gasteiger partial charge in [0.15, 0.2) is 0 Å². The molecule has 0 aliphatic rings. The molecule has 0 unspecified atom stereocenters. The van der Waals surface area contributed by atoms with E-state index in [1.165, 1.54) is 5.56 Å². The van der Waals surface area contributed by atoms with E-state index in [0.717, 1.165) is 22.1 Å². The molecule has 0 saturated carbocycles. The Labute approximate surface area is 115 Å². The van der Waals surface area contributed by atoms with Crippen LogP contribution in [-0.2, 0) is 17.6 Å². The Morgan fingerprint density at radius 1 is 1.37 bits per heavy atom. The molecule has 0 aliphatic carbocycles. The molecule has 1 aromatic carbocycles. The highest BCUT2D eigenvalue weighted by atomic mass is 32.1. The Balaban J connectivity index is 1.96. The van der Waals surface area contributed by atoms with Crippen molar-refractivity contribution < 1.29 is 14.6 Å². The van der Waals surface area contributed by atoms with Crippen molar-refractivity contribution in [3.05, 3.63) is 45.9 Å². The molecule has 0 atom stereocenters. The average Bonchev–Trinajstić information content (AvgIpc) is 2.85. The number of hydrogen-bond donors (Lipinski definition) is 1. The summed E-state index contributed by atoms with van der Waals surface area (Å²) in [6.07, 6.45) is 3.24. The summed E-state index contributed by atoms with van der Waals surface area (Å²) in [5.74, 6) is 0.0649. The first kappa shape index (κ1) is 13.5. The van der Waals surface area contributed by atoms with E-state index >= 15 is 0 Å². The van der Waals surface area contributed by atoms with E-state index in [1.807, 2.05) is 24.3 Å². The van der Waals surface area contributed by atoms with Gasteiger partial charge in [0.05, 0.1) is 18.5 Å². The van der Waals surface area contributed by atoms with E-state index in [4.69, 9.17) is 9.84 Å². The Morgan fingerprint density at radius 3 is 2.74 bits per heavy atom. The summed E-state index contributed by atoms with van der Waals surface area (Å²) in [5.41, 5.74) is 1.17. The fourth-order valence-electron chi connectivity index (χ4n) is 1.69. The molecule has 0 radical (unpaired) electrons. The number of aliphatic carboxylic acids is 1. The van der Waals surface area contributed by atoms with Gasteiger partial charge >= 0.3 is 5.97 Å². The van der Waals surface area contributed by atoms with Crippen LogP contribution in [0.15, 0.2) is 30.5 Å². The highest BCUT2D eigenvalue weighted by Crippen LogP contribution is 2.19. The molecule has 0 fully saturated rings. The van der Waals surface area contributed by atoms with Crippen LogP contribution in [0.2, 0.25) is 0 Å². The number of ether oxygens (including phenoxy) is 1. The van der Waals surface area contributed by atoms with E-state index in [0.29, 0.717) is 6.42 Å². The topological polar surface area (TPSA) is 59.4 Å². The van der Waals surface area contributed by atoms with Crippen molar-refractivity contribution in [1.82, 2.24) is 4.98 Å². The van der Waals surface area contributed by atoms with Gasteiger partial charge in [0.25, 0.3) is 0 Å². The number of benzene rings is 1. The summed E-state index contributed by atoms with van der Waals surface area (Å²) in [5, 5.41) is 9.64. The third kappa shape index (κ3) is 4.06. The number of carboxylic acid groups (broad SMARTS) is 1. The minimum absolute atomic E-state index is 0.157. The largest absolute Gasteiger partial charge is 0.497 e. The molecule has 4 nitrogen and oxygen atoms in total. The normalized spacial score (nSPS) is 10.4. The monoisotopic (exact) mass is 277 g/mol. The summed E-state index contributed by atoms with van der Waals surface area (Å²) >= 11 is 1.57. The molecule has 2 aromatic rings. The Morgan fingerprint density at radius 2 is 2.11 bits per heavy atom. The summed E-state index contributed by atoms with van der Waals surface area (Å²) in [7, 11) is 1.64. The zero-order valence-electron chi connectivity index (χ0n) is 10.6. The predicted molar refractivity (Wildman–Crippen MR) is 73.9 cm³/mol. The molecule has 100 valence electrons. The summed E-state index contributed by atoms with van der Waals surface area (Å²) in [4.78, 5) is 15.8. The lowest BCUT2D eigenvalue weighted by Crippen LogP contribution is -1.95. The smallest absolute Gasteiger partial charge is 0.303 e. The van der Waals surface area contributed by atoms with Crippen LogP contribution in [0.5, 0.6) is 5.75 Å². The van der Waals surface area contributed by atoms with Crippen LogP contribution in [0.1, 0.15) is 21.9 Å². The number of thiazole rings is 1. The zero-order valence-corrected chi connectivity index (χ0v) is 11.4. The molecular weight excluding hydrogens is 262 g/mol. The highest BCUT2D eigenvalue weighted by molar-refractivity contribution is 7.11. The first-order chi connectivity index (χ1) is 9.17. The SMILES string of the molecule is COc1ccc(Cc2ncc(CCC(=O)O)s2)cc1. The molecule has 0 saturated heterocycles. The number of hydrogen-bond acceptors (Lipinski definition) is 4. The fourth-order valence-corrected chi connectivity index (χ4v) is 2.65. The van der Waals surface area contributed by atoms with Gasteiger partial charge in [-0.3, -0.25) is 4.79 Å². The van der Waals surface area contributed by atoms with Crippen molar-refractivity contribution >= 4 is 17.3 Å². The molecule has 0 aliphatic heterocycles. The maximum absolute atomic E-state index is 10.5.